The van der Waals surface area contributed by atoms with Gasteiger partial charge in [-0.15, -0.1) is 0 Å². The minimum atomic E-state index is -0.00795. The number of para-hydroxylation sites is 2. The lowest BCUT2D eigenvalue weighted by Crippen LogP contribution is -2.23. The lowest BCUT2D eigenvalue weighted by atomic mass is 10.2. The third-order valence-electron chi connectivity index (χ3n) is 3.26. The van der Waals surface area contributed by atoms with Gasteiger partial charge >= 0.3 is 0 Å². The van der Waals surface area contributed by atoms with Crippen LogP contribution in [0.15, 0.2) is 42.6 Å². The van der Waals surface area contributed by atoms with Crippen molar-refractivity contribution in [3.63, 3.8) is 0 Å². The molecule has 0 radical (unpaired) electrons. The van der Waals surface area contributed by atoms with E-state index in [9.17, 15) is 4.79 Å². The predicted octanol–water partition coefficient (Wildman–Crippen LogP) is 2.63. The molecule has 0 bridgehead atoms. The molecule has 1 heterocycles. The minimum absolute atomic E-state index is 0.00795. The molecule has 1 aromatic heterocycles. The van der Waals surface area contributed by atoms with Crippen molar-refractivity contribution in [2.24, 2.45) is 5.73 Å². The summed E-state index contributed by atoms with van der Waals surface area (Å²) in [5.41, 5.74) is 6.28. The van der Waals surface area contributed by atoms with Gasteiger partial charge in [0.15, 0.2) is 11.5 Å². The summed E-state index contributed by atoms with van der Waals surface area (Å²) in [7, 11) is 0. The molecule has 0 aliphatic rings. The van der Waals surface area contributed by atoms with E-state index < -0.39 is 0 Å². The average Bonchev–Trinajstić information content (AvgIpc) is 2.61. The van der Waals surface area contributed by atoms with E-state index >= 15 is 0 Å². The van der Waals surface area contributed by atoms with Gasteiger partial charge in [-0.3, -0.25) is 4.79 Å². The second-order valence-electron chi connectivity index (χ2n) is 5.16. The first-order chi connectivity index (χ1) is 11.7. The highest BCUT2D eigenvalue weighted by molar-refractivity contribution is 5.75. The Morgan fingerprint density at radius 3 is 2.67 bits per heavy atom. The molecule has 0 saturated carbocycles. The van der Waals surface area contributed by atoms with Crippen molar-refractivity contribution < 1.29 is 14.3 Å². The molecule has 6 heteroatoms. The molecule has 0 fully saturated rings. The van der Waals surface area contributed by atoms with E-state index in [0.717, 1.165) is 5.56 Å². The van der Waals surface area contributed by atoms with Gasteiger partial charge in [0.1, 0.15) is 0 Å². The topological polar surface area (TPSA) is 86.5 Å². The summed E-state index contributed by atoms with van der Waals surface area (Å²) in [5.74, 6) is 1.76. The molecule has 1 amide bonds. The van der Waals surface area contributed by atoms with Crippen molar-refractivity contribution in [2.75, 3.05) is 13.2 Å². The molecule has 0 atom stereocenters. The molecule has 2 rings (SSSR count). The zero-order valence-electron chi connectivity index (χ0n) is 13.8. The minimum Gasteiger partial charge on any atom is -0.490 e. The third kappa shape index (κ3) is 5.55. The Morgan fingerprint density at radius 1 is 1.21 bits per heavy atom. The molecule has 2 aromatic rings. The number of hydrogen-bond acceptors (Lipinski definition) is 5. The maximum absolute atomic E-state index is 11.6. The van der Waals surface area contributed by atoms with Crippen LogP contribution in [0.1, 0.15) is 25.3 Å². The normalized spacial score (nSPS) is 10.2. The summed E-state index contributed by atoms with van der Waals surface area (Å²) >= 11 is 0. The van der Waals surface area contributed by atoms with Crippen molar-refractivity contribution in [2.45, 2.75) is 26.3 Å². The first kappa shape index (κ1) is 17.7. The van der Waals surface area contributed by atoms with Gasteiger partial charge in [0, 0.05) is 25.2 Å². The van der Waals surface area contributed by atoms with Crippen LogP contribution >= 0.6 is 0 Å². The van der Waals surface area contributed by atoms with Gasteiger partial charge in [0.05, 0.1) is 6.61 Å². The number of ether oxygens (including phenoxy) is 2. The summed E-state index contributed by atoms with van der Waals surface area (Å²) in [6, 6.07) is 11.1. The quantitative estimate of drug-likeness (QED) is 0.738. The summed E-state index contributed by atoms with van der Waals surface area (Å²) in [6.07, 6.45) is 2.82. The molecule has 3 N–H and O–H groups in total. The fraction of sp³-hybridized carbons (Fsp3) is 0.333. The number of nitrogens with one attached hydrogen (secondary N) is 1. The van der Waals surface area contributed by atoms with Gasteiger partial charge in [-0.05, 0) is 37.6 Å². The van der Waals surface area contributed by atoms with Crippen LogP contribution < -0.4 is 20.5 Å². The van der Waals surface area contributed by atoms with Crippen LogP contribution in [0.25, 0.3) is 0 Å². The number of benzene rings is 1. The van der Waals surface area contributed by atoms with E-state index in [1.54, 1.807) is 12.3 Å². The number of hydrogen-bond donors (Lipinski definition) is 2. The zero-order valence-corrected chi connectivity index (χ0v) is 13.8. The highest BCUT2D eigenvalue weighted by Gasteiger charge is 2.06. The number of carbonyl (C=O) groups is 1. The largest absolute Gasteiger partial charge is 0.490 e. The number of nitrogens with zero attached hydrogens (tertiary/aromatic N) is 1. The molecule has 0 aliphatic heterocycles. The van der Waals surface area contributed by atoms with Gasteiger partial charge in [-0.25, -0.2) is 4.98 Å². The number of carbonyl (C=O) groups excluding carboxylic acids is 1. The smallest absolute Gasteiger partial charge is 0.220 e. The highest BCUT2D eigenvalue weighted by Crippen LogP contribution is 2.30. The van der Waals surface area contributed by atoms with Crippen LogP contribution in [0, 0.1) is 0 Å². The highest BCUT2D eigenvalue weighted by atomic mass is 16.5. The van der Waals surface area contributed by atoms with Crippen molar-refractivity contribution in [1.29, 1.82) is 0 Å². The van der Waals surface area contributed by atoms with Gasteiger partial charge < -0.3 is 20.5 Å². The fourth-order valence-electron chi connectivity index (χ4n) is 2.05. The van der Waals surface area contributed by atoms with Crippen LogP contribution in [0.4, 0.5) is 0 Å². The maximum Gasteiger partial charge on any atom is 0.220 e. The Hall–Kier alpha value is -2.60. The van der Waals surface area contributed by atoms with Crippen molar-refractivity contribution >= 4 is 5.91 Å². The summed E-state index contributed by atoms with van der Waals surface area (Å²) in [6.45, 7) is 3.44. The lowest BCUT2D eigenvalue weighted by molar-refractivity contribution is -0.121. The second kappa shape index (κ2) is 9.52. The van der Waals surface area contributed by atoms with E-state index in [4.69, 9.17) is 15.2 Å². The molecule has 0 spiro atoms. The number of amides is 1. The Morgan fingerprint density at radius 2 is 2.00 bits per heavy atom. The molecule has 0 aliphatic carbocycles. The van der Waals surface area contributed by atoms with Crippen LogP contribution in [0.2, 0.25) is 0 Å². The molecular formula is C18H23N3O3. The Labute approximate surface area is 142 Å². The number of pyridine rings is 1. The van der Waals surface area contributed by atoms with Crippen LogP contribution in [-0.2, 0) is 11.3 Å². The Balaban J connectivity index is 1.91. The number of rotatable bonds is 9. The zero-order chi connectivity index (χ0) is 17.2. The van der Waals surface area contributed by atoms with Gasteiger partial charge in [0.2, 0.25) is 11.8 Å². The molecular weight excluding hydrogens is 306 g/mol. The lowest BCUT2D eigenvalue weighted by Gasteiger charge is -2.11. The number of aromatic nitrogens is 1. The Bertz CT molecular complexity index is 644. The predicted molar refractivity (Wildman–Crippen MR) is 92.1 cm³/mol. The van der Waals surface area contributed by atoms with Crippen LogP contribution in [0.5, 0.6) is 17.4 Å². The van der Waals surface area contributed by atoms with Gasteiger partial charge in [-0.2, -0.15) is 0 Å². The number of nitrogens with two attached hydrogens (primary N) is 1. The van der Waals surface area contributed by atoms with E-state index in [-0.39, 0.29) is 5.91 Å². The molecule has 0 saturated heterocycles. The third-order valence-corrected chi connectivity index (χ3v) is 3.26. The Kier molecular flexibility index (Phi) is 7.04. The van der Waals surface area contributed by atoms with Crippen molar-refractivity contribution in [3.8, 4) is 17.4 Å². The summed E-state index contributed by atoms with van der Waals surface area (Å²) in [5, 5.41) is 2.83. The molecule has 24 heavy (non-hydrogen) atoms. The van der Waals surface area contributed by atoms with E-state index in [0.29, 0.717) is 49.9 Å². The maximum atomic E-state index is 11.6. The fourth-order valence-corrected chi connectivity index (χ4v) is 2.05. The van der Waals surface area contributed by atoms with Crippen LogP contribution in [-0.4, -0.2) is 24.0 Å². The standard InChI is InChI=1S/C18H23N3O3/c1-2-23-15-6-3-4-7-16(15)24-18-10-9-14(13-21-18)12-20-17(22)8-5-11-19/h3-4,6-7,9-10,13H,2,5,8,11-12,19H2,1H3,(H,20,22). The molecule has 6 nitrogen and oxygen atoms in total. The van der Waals surface area contributed by atoms with Gasteiger partial charge in [0.25, 0.3) is 0 Å². The molecule has 128 valence electrons. The molecule has 1 aromatic carbocycles. The SMILES string of the molecule is CCOc1ccccc1Oc1ccc(CNC(=O)CCCN)cn1. The van der Waals surface area contributed by atoms with Crippen LogP contribution in [0.3, 0.4) is 0 Å². The summed E-state index contributed by atoms with van der Waals surface area (Å²) < 4.78 is 11.3. The first-order valence-corrected chi connectivity index (χ1v) is 8.04. The van der Waals surface area contributed by atoms with E-state index in [2.05, 4.69) is 10.3 Å². The summed E-state index contributed by atoms with van der Waals surface area (Å²) in [4.78, 5) is 15.8. The average molecular weight is 329 g/mol. The monoisotopic (exact) mass is 329 g/mol. The molecule has 0 unspecified atom stereocenters. The van der Waals surface area contributed by atoms with Crippen molar-refractivity contribution in [3.05, 3.63) is 48.2 Å². The van der Waals surface area contributed by atoms with E-state index in [1.807, 2.05) is 37.3 Å². The van der Waals surface area contributed by atoms with Gasteiger partial charge in [-0.1, -0.05) is 18.2 Å². The second-order valence-corrected chi connectivity index (χ2v) is 5.16. The van der Waals surface area contributed by atoms with Crippen molar-refractivity contribution in [1.82, 2.24) is 10.3 Å². The van der Waals surface area contributed by atoms with E-state index in [1.165, 1.54) is 0 Å². The first-order valence-electron chi connectivity index (χ1n) is 8.04.